The molecule has 34 heavy (non-hydrogen) atoms. The fourth-order valence-electron chi connectivity index (χ4n) is 5.42. The molecular weight excluding hydrogens is 534 g/mol. The molecule has 3 aromatic carbocycles. The van der Waals surface area contributed by atoms with Gasteiger partial charge in [-0.05, 0) is 0 Å². The van der Waals surface area contributed by atoms with Crippen molar-refractivity contribution in [3.63, 3.8) is 0 Å². The van der Waals surface area contributed by atoms with Gasteiger partial charge in [-0.3, -0.25) is 0 Å². The maximum atomic E-state index is 2.54. The number of halogens is 2. The van der Waals surface area contributed by atoms with E-state index in [4.69, 9.17) is 0 Å². The van der Waals surface area contributed by atoms with Crippen molar-refractivity contribution < 1.29 is 46.1 Å². The number of benzene rings is 3. The van der Waals surface area contributed by atoms with Crippen molar-refractivity contribution in [2.45, 2.75) is 36.7 Å². The van der Waals surface area contributed by atoms with Crippen LogP contribution in [-0.4, -0.2) is 3.21 Å². The normalized spacial score (nSPS) is 15.6. The first-order chi connectivity index (χ1) is 15.8. The van der Waals surface area contributed by atoms with Gasteiger partial charge in [0.1, 0.15) is 0 Å². The molecule has 1 unspecified atom stereocenters. The van der Waals surface area contributed by atoms with E-state index in [2.05, 4.69) is 117 Å². The van der Waals surface area contributed by atoms with Crippen molar-refractivity contribution >= 4 is 9.28 Å². The number of rotatable bonds is 6. The van der Waals surface area contributed by atoms with Crippen LogP contribution in [0.1, 0.15) is 59.0 Å². The SMILES string of the molecule is CCC1=CC[C]([Zr+2](=[C](c2ccccc2)c2ccccc2)[CH]2C=Cc3ccccc32)=C1CC.[Cl-].[Cl-]. The molecule has 0 saturated heterocycles. The minimum atomic E-state index is -2.42. The van der Waals surface area contributed by atoms with Crippen molar-refractivity contribution in [1.82, 2.24) is 0 Å². The second-order valence-electron chi connectivity index (χ2n) is 8.58. The summed E-state index contributed by atoms with van der Waals surface area (Å²) in [5.74, 6) is 0. The molecule has 0 spiro atoms. The zero-order valence-corrected chi connectivity index (χ0v) is 23.7. The Labute approximate surface area is 224 Å². The Morgan fingerprint density at radius 2 is 1.35 bits per heavy atom. The molecule has 0 nitrogen and oxygen atoms in total. The van der Waals surface area contributed by atoms with E-state index in [9.17, 15) is 0 Å². The second kappa shape index (κ2) is 12.3. The van der Waals surface area contributed by atoms with Crippen molar-refractivity contribution in [2.75, 3.05) is 0 Å². The van der Waals surface area contributed by atoms with Gasteiger partial charge in [-0.2, -0.15) is 0 Å². The van der Waals surface area contributed by atoms with Gasteiger partial charge in [-0.1, -0.05) is 0 Å². The summed E-state index contributed by atoms with van der Waals surface area (Å²) in [6, 6.07) is 31.5. The average molecular weight is 565 g/mol. The van der Waals surface area contributed by atoms with Gasteiger partial charge in [0, 0.05) is 0 Å². The third kappa shape index (κ3) is 5.08. The molecule has 5 rings (SSSR count). The van der Waals surface area contributed by atoms with Crippen molar-refractivity contribution in [1.29, 1.82) is 0 Å². The van der Waals surface area contributed by atoms with Crippen LogP contribution in [0.15, 0.2) is 112 Å². The van der Waals surface area contributed by atoms with Crippen LogP contribution in [0.25, 0.3) is 6.08 Å². The van der Waals surface area contributed by atoms with Gasteiger partial charge < -0.3 is 24.8 Å². The van der Waals surface area contributed by atoms with E-state index in [1.165, 1.54) is 16.7 Å². The number of hydrogen-bond acceptors (Lipinski definition) is 0. The van der Waals surface area contributed by atoms with E-state index < -0.39 is 21.3 Å². The minimum absolute atomic E-state index is 0. The molecule has 0 radical (unpaired) electrons. The molecule has 0 saturated carbocycles. The van der Waals surface area contributed by atoms with Gasteiger partial charge in [0.2, 0.25) is 0 Å². The zero-order valence-electron chi connectivity index (χ0n) is 19.8. The smallest absolute Gasteiger partial charge is 1.00 e. The molecular formula is C31H30Cl2Zr. The summed E-state index contributed by atoms with van der Waals surface area (Å²) in [5, 5.41) is 0. The molecule has 0 aromatic heterocycles. The first-order valence-electron chi connectivity index (χ1n) is 11.9. The Morgan fingerprint density at radius 1 is 0.765 bits per heavy atom. The Bertz CT molecular complexity index is 1210. The van der Waals surface area contributed by atoms with E-state index in [0.29, 0.717) is 3.63 Å². The molecule has 2 aliphatic rings. The summed E-state index contributed by atoms with van der Waals surface area (Å²) in [4.78, 5) is 0. The summed E-state index contributed by atoms with van der Waals surface area (Å²) < 4.78 is 4.00. The van der Waals surface area contributed by atoms with Crippen LogP contribution in [0.2, 0.25) is 0 Å². The predicted octanol–water partition coefficient (Wildman–Crippen LogP) is 2.05. The Balaban J connectivity index is 0.00000162. The molecule has 2 aliphatic carbocycles. The Hall–Kier alpha value is -1.79. The van der Waals surface area contributed by atoms with Crippen molar-refractivity contribution in [3.8, 4) is 0 Å². The quantitative estimate of drug-likeness (QED) is 0.430. The van der Waals surface area contributed by atoms with Gasteiger partial charge >= 0.3 is 201 Å². The van der Waals surface area contributed by atoms with E-state index in [0.717, 1.165) is 19.3 Å². The first-order valence-corrected chi connectivity index (χ1v) is 15.7. The van der Waals surface area contributed by atoms with Crippen LogP contribution in [0.3, 0.4) is 0 Å². The fraction of sp³-hybridized carbons (Fsp3) is 0.194. The van der Waals surface area contributed by atoms with Crippen LogP contribution >= 0.6 is 0 Å². The third-order valence-corrected chi connectivity index (χ3v) is 15.2. The summed E-state index contributed by atoms with van der Waals surface area (Å²) in [6.07, 6.45) is 10.9. The maximum Gasteiger partial charge on any atom is -1.00 e. The van der Waals surface area contributed by atoms with Crippen LogP contribution < -0.4 is 24.8 Å². The molecule has 0 bridgehead atoms. The van der Waals surface area contributed by atoms with Crippen molar-refractivity contribution in [2.24, 2.45) is 0 Å². The van der Waals surface area contributed by atoms with Gasteiger partial charge in [0.05, 0.1) is 0 Å². The topological polar surface area (TPSA) is 0 Å². The van der Waals surface area contributed by atoms with Gasteiger partial charge in [0.25, 0.3) is 0 Å². The summed E-state index contributed by atoms with van der Waals surface area (Å²) in [6.45, 7) is 4.67. The molecule has 0 amide bonds. The number of fused-ring (bicyclic) bond motifs is 1. The molecule has 0 aliphatic heterocycles. The van der Waals surface area contributed by atoms with E-state index in [1.807, 2.05) is 0 Å². The molecule has 3 heteroatoms. The Kier molecular flexibility index (Phi) is 9.67. The largest absolute Gasteiger partial charge is 1.00 e. The summed E-state index contributed by atoms with van der Waals surface area (Å²) in [5.41, 5.74) is 9.05. The molecule has 0 N–H and O–H groups in total. The van der Waals surface area contributed by atoms with Crippen LogP contribution in [-0.2, 0) is 21.3 Å². The number of allylic oxidation sites excluding steroid dienone is 5. The zero-order chi connectivity index (χ0) is 21.9. The predicted molar refractivity (Wildman–Crippen MR) is 135 cm³/mol. The van der Waals surface area contributed by atoms with Gasteiger partial charge in [-0.25, -0.2) is 0 Å². The van der Waals surface area contributed by atoms with Crippen LogP contribution in [0.5, 0.6) is 0 Å². The summed E-state index contributed by atoms with van der Waals surface area (Å²) >= 11 is -2.42. The minimum Gasteiger partial charge on any atom is -1.00 e. The average Bonchev–Trinajstić information content (AvgIpc) is 3.47. The first kappa shape index (κ1) is 26.8. The number of hydrogen-bond donors (Lipinski definition) is 0. The molecule has 0 fully saturated rings. The van der Waals surface area contributed by atoms with Crippen LogP contribution in [0, 0.1) is 0 Å². The van der Waals surface area contributed by atoms with E-state index >= 15 is 0 Å². The fourth-order valence-corrected chi connectivity index (χ4v) is 14.7. The van der Waals surface area contributed by atoms with E-state index in [-0.39, 0.29) is 24.8 Å². The molecule has 3 aromatic rings. The molecule has 0 heterocycles. The monoisotopic (exact) mass is 562 g/mol. The molecule has 172 valence electrons. The third-order valence-electron chi connectivity index (χ3n) is 6.87. The van der Waals surface area contributed by atoms with Gasteiger partial charge in [-0.15, -0.1) is 0 Å². The van der Waals surface area contributed by atoms with Gasteiger partial charge in [0.15, 0.2) is 0 Å². The molecule has 1 atom stereocenters. The standard InChI is InChI=1S/C13H10.C9H7.C9H13.2ClH.Zr/c1-3-7-12(8-4-1)11-13-9-5-2-6-10-13;1-2-5-9-7-3-6-8(9)4-1;1-3-8-6-5-7-9(8)4-2;;;/h1-10H;1-7H;6H,3-5H2,1-2H3;2*1H;/q;;;;;+2/p-2. The Morgan fingerprint density at radius 3 is 1.94 bits per heavy atom. The second-order valence-corrected chi connectivity index (χ2v) is 14.9. The summed E-state index contributed by atoms with van der Waals surface area (Å²) in [7, 11) is 0. The van der Waals surface area contributed by atoms with E-state index in [1.54, 1.807) is 23.2 Å². The van der Waals surface area contributed by atoms with Crippen LogP contribution in [0.4, 0.5) is 0 Å². The maximum absolute atomic E-state index is 2.54. The van der Waals surface area contributed by atoms with Crippen molar-refractivity contribution in [3.05, 3.63) is 134 Å².